The van der Waals surface area contributed by atoms with Gasteiger partial charge in [0.05, 0.1) is 0 Å². The summed E-state index contributed by atoms with van der Waals surface area (Å²) in [4.78, 5) is 4.14. The summed E-state index contributed by atoms with van der Waals surface area (Å²) in [5.41, 5.74) is 0. The van der Waals surface area contributed by atoms with Crippen molar-refractivity contribution in [2.45, 2.75) is 51.9 Å². The summed E-state index contributed by atoms with van der Waals surface area (Å²) in [6.45, 7) is 10.8. The quantitative estimate of drug-likeness (QED) is 0.714. The lowest BCUT2D eigenvalue weighted by Crippen LogP contribution is -2.56. The Morgan fingerprint density at radius 3 is 1.61 bits per heavy atom. The van der Waals surface area contributed by atoms with Crippen molar-refractivity contribution in [3.63, 3.8) is 0 Å². The molecular formula is C16H32N2O3Si2. The highest BCUT2D eigenvalue weighted by Gasteiger charge is 2.37. The van der Waals surface area contributed by atoms with Gasteiger partial charge in [-0.05, 0) is 64.0 Å². The molecule has 0 aromatic carbocycles. The number of nitrogens with zero attached hydrogens (tertiary/aromatic N) is 2. The third kappa shape index (κ3) is 5.58. The molecular weight excluding hydrogens is 324 g/mol. The van der Waals surface area contributed by atoms with Gasteiger partial charge in [-0.2, -0.15) is 0 Å². The predicted molar refractivity (Wildman–Crippen MR) is 99.1 cm³/mol. The maximum Gasteiger partial charge on any atom is 0.193 e. The van der Waals surface area contributed by atoms with Crippen molar-refractivity contribution in [1.29, 1.82) is 0 Å². The fraction of sp³-hybridized carbons (Fsp3) is 0.750. The summed E-state index contributed by atoms with van der Waals surface area (Å²) in [7, 11) is -3.83. The molecule has 0 aromatic rings. The SMILES string of the molecule is C[Si](C)(CN1CCCC=C1O)O[Si](C)(C)CN1CCCC=C1O. The van der Waals surface area contributed by atoms with Gasteiger partial charge in [0.1, 0.15) is 0 Å². The molecule has 132 valence electrons. The van der Waals surface area contributed by atoms with Crippen LogP contribution in [0.1, 0.15) is 25.7 Å². The fourth-order valence-corrected chi connectivity index (χ4v) is 12.5. The van der Waals surface area contributed by atoms with Crippen LogP contribution in [0.5, 0.6) is 0 Å². The van der Waals surface area contributed by atoms with Crippen LogP contribution in [0.25, 0.3) is 0 Å². The van der Waals surface area contributed by atoms with Crippen molar-refractivity contribution in [1.82, 2.24) is 9.80 Å². The molecule has 0 fully saturated rings. The van der Waals surface area contributed by atoms with Gasteiger partial charge >= 0.3 is 0 Å². The number of allylic oxidation sites excluding steroid dienone is 2. The minimum absolute atomic E-state index is 0.413. The fourth-order valence-electron chi connectivity index (χ4n) is 3.57. The van der Waals surface area contributed by atoms with Gasteiger partial charge in [-0.25, -0.2) is 0 Å². The van der Waals surface area contributed by atoms with E-state index in [4.69, 9.17) is 4.12 Å². The lowest BCUT2D eigenvalue weighted by molar-refractivity contribution is 0.195. The summed E-state index contributed by atoms with van der Waals surface area (Å²) < 4.78 is 6.65. The zero-order chi connectivity index (χ0) is 17.1. The van der Waals surface area contributed by atoms with Crippen molar-refractivity contribution in [3.05, 3.63) is 23.9 Å². The molecule has 0 aromatic heterocycles. The Morgan fingerprint density at radius 2 is 1.26 bits per heavy atom. The second-order valence-corrected chi connectivity index (χ2v) is 16.4. The highest BCUT2D eigenvalue weighted by molar-refractivity contribution is 6.85. The van der Waals surface area contributed by atoms with Crippen LogP contribution in [0.3, 0.4) is 0 Å². The zero-order valence-corrected chi connectivity index (χ0v) is 17.0. The average Bonchev–Trinajstić information content (AvgIpc) is 2.42. The highest BCUT2D eigenvalue weighted by atomic mass is 28.4. The molecule has 2 rings (SSSR count). The third-order valence-corrected chi connectivity index (χ3v) is 11.0. The van der Waals surface area contributed by atoms with Gasteiger partial charge in [0.25, 0.3) is 0 Å². The van der Waals surface area contributed by atoms with Crippen LogP contribution in [-0.2, 0) is 4.12 Å². The Morgan fingerprint density at radius 1 is 0.870 bits per heavy atom. The molecule has 2 N–H and O–H groups in total. The topological polar surface area (TPSA) is 56.2 Å². The molecule has 5 nitrogen and oxygen atoms in total. The molecule has 0 bridgehead atoms. The second-order valence-electron chi connectivity index (χ2n) is 7.87. The predicted octanol–water partition coefficient (Wildman–Crippen LogP) is 3.48. The second kappa shape index (κ2) is 7.31. The molecule has 0 aliphatic carbocycles. The Hall–Kier alpha value is -0.926. The standard InChI is InChI=1S/C16H32N2O3Si2/c1-22(2,13-17-11-7-5-9-15(17)19)21-23(3,4)14-18-12-8-6-10-16(18)20/h9-10,19-20H,5-8,11-14H2,1-4H3. The molecule has 23 heavy (non-hydrogen) atoms. The first-order valence-corrected chi connectivity index (χ1v) is 14.9. The van der Waals surface area contributed by atoms with Gasteiger partial charge < -0.3 is 24.1 Å². The van der Waals surface area contributed by atoms with Crippen LogP contribution in [0.2, 0.25) is 26.2 Å². The van der Waals surface area contributed by atoms with Crippen molar-refractivity contribution >= 4 is 16.6 Å². The number of aliphatic hydroxyl groups excluding tert-OH is 2. The van der Waals surface area contributed by atoms with Crippen molar-refractivity contribution < 1.29 is 14.3 Å². The molecule has 2 aliphatic rings. The molecule has 0 saturated heterocycles. The van der Waals surface area contributed by atoms with E-state index in [0.717, 1.165) is 51.1 Å². The van der Waals surface area contributed by atoms with Gasteiger partial charge in [-0.3, -0.25) is 0 Å². The van der Waals surface area contributed by atoms with Gasteiger partial charge in [0.15, 0.2) is 28.4 Å². The van der Waals surface area contributed by atoms with E-state index in [-0.39, 0.29) is 0 Å². The van der Waals surface area contributed by atoms with Gasteiger partial charge in [0.2, 0.25) is 0 Å². The summed E-state index contributed by atoms with van der Waals surface area (Å²) >= 11 is 0. The Balaban J connectivity index is 1.94. The van der Waals surface area contributed by atoms with E-state index < -0.39 is 16.6 Å². The lowest BCUT2D eigenvalue weighted by Gasteiger charge is -2.41. The molecule has 0 atom stereocenters. The maximum absolute atomic E-state index is 10.0. The van der Waals surface area contributed by atoms with Crippen molar-refractivity contribution in [2.75, 3.05) is 25.4 Å². The highest BCUT2D eigenvalue weighted by Crippen LogP contribution is 2.22. The Labute approximate surface area is 142 Å². The van der Waals surface area contributed by atoms with Crippen LogP contribution in [0, 0.1) is 0 Å². The molecule has 0 saturated carbocycles. The van der Waals surface area contributed by atoms with Crippen molar-refractivity contribution in [3.8, 4) is 0 Å². The summed E-state index contributed by atoms with van der Waals surface area (Å²) in [6.07, 6.45) is 9.60. The van der Waals surface area contributed by atoms with Gasteiger partial charge in [-0.15, -0.1) is 0 Å². The Kier molecular flexibility index (Phi) is 5.86. The van der Waals surface area contributed by atoms with E-state index >= 15 is 0 Å². The van der Waals surface area contributed by atoms with Crippen molar-refractivity contribution in [2.24, 2.45) is 0 Å². The normalized spacial score (nSPS) is 20.3. The molecule has 7 heteroatoms. The third-order valence-electron chi connectivity index (χ3n) is 4.26. The van der Waals surface area contributed by atoms with E-state index in [1.54, 1.807) is 0 Å². The number of hydrogen-bond donors (Lipinski definition) is 2. The van der Waals surface area contributed by atoms with Crippen LogP contribution >= 0.6 is 0 Å². The molecule has 2 heterocycles. The average molecular weight is 357 g/mol. The van der Waals surface area contributed by atoms with E-state index in [1.165, 1.54) is 0 Å². The first-order chi connectivity index (χ1) is 10.7. The van der Waals surface area contributed by atoms with Crippen LogP contribution in [0.15, 0.2) is 23.9 Å². The van der Waals surface area contributed by atoms with Crippen LogP contribution in [-0.4, -0.2) is 62.1 Å². The monoisotopic (exact) mass is 356 g/mol. The molecule has 0 radical (unpaired) electrons. The molecule has 0 spiro atoms. The lowest BCUT2D eigenvalue weighted by atomic mass is 10.2. The number of aliphatic hydroxyl groups is 2. The minimum Gasteiger partial charge on any atom is -0.495 e. The first-order valence-electron chi connectivity index (χ1n) is 8.67. The maximum atomic E-state index is 10.0. The van der Waals surface area contributed by atoms with Crippen LogP contribution in [0.4, 0.5) is 0 Å². The smallest absolute Gasteiger partial charge is 0.193 e. The number of hydrogen-bond acceptors (Lipinski definition) is 5. The molecule has 0 amide bonds. The first kappa shape index (κ1) is 18.4. The van der Waals surface area contributed by atoms with Crippen LogP contribution < -0.4 is 0 Å². The van der Waals surface area contributed by atoms with Gasteiger partial charge in [0, 0.05) is 25.4 Å². The van der Waals surface area contributed by atoms with E-state index in [2.05, 4.69) is 36.0 Å². The largest absolute Gasteiger partial charge is 0.495 e. The van der Waals surface area contributed by atoms with Gasteiger partial charge in [-0.1, -0.05) is 0 Å². The summed E-state index contributed by atoms with van der Waals surface area (Å²) in [5, 5.41) is 20.1. The minimum atomic E-state index is -1.92. The summed E-state index contributed by atoms with van der Waals surface area (Å²) in [6, 6.07) is 0. The summed E-state index contributed by atoms with van der Waals surface area (Å²) in [5.74, 6) is 0.827. The van der Waals surface area contributed by atoms with E-state index in [9.17, 15) is 10.2 Å². The zero-order valence-electron chi connectivity index (χ0n) is 15.0. The van der Waals surface area contributed by atoms with E-state index in [0.29, 0.717) is 11.8 Å². The van der Waals surface area contributed by atoms with E-state index in [1.807, 2.05) is 12.2 Å². The number of rotatable bonds is 6. The Bertz CT molecular complexity index is 436. The molecule has 0 unspecified atom stereocenters. The molecule has 2 aliphatic heterocycles.